The number of esters is 5. The molecule has 0 heterocycles. The summed E-state index contributed by atoms with van der Waals surface area (Å²) in [6.07, 6.45) is -4.90. The van der Waals surface area contributed by atoms with E-state index in [-0.39, 0.29) is 27.9 Å². The molecule has 0 aromatic carbocycles. The Kier molecular flexibility index (Phi) is 10.8. The Labute approximate surface area is 234 Å². The minimum Gasteiger partial charge on any atom is -0.459 e. The van der Waals surface area contributed by atoms with Crippen molar-refractivity contribution in [1.29, 1.82) is 0 Å². The lowest BCUT2D eigenvalue weighted by atomic mass is 9.64. The van der Waals surface area contributed by atoms with Crippen molar-refractivity contribution in [3.8, 4) is 0 Å². The van der Waals surface area contributed by atoms with Crippen molar-refractivity contribution in [2.45, 2.75) is 84.4 Å². The van der Waals surface area contributed by atoms with Gasteiger partial charge in [0.1, 0.15) is 18.3 Å². The molecular weight excluding hydrogens is 520 g/mol. The standard InChI is InChI=1S/C30H38O10/c1-14(2)26(31)36-20-13-11-12-19-21(20)23(38-28(33)16(5)6)25(40-30(35)18(9)10)24(39-29(34)17(7)8)22(19)37-27(32)15(3)4/h19-25H,1,3,5,7,9,11-13H2,2,4,6,8,10H3. The topological polar surface area (TPSA) is 132 Å². The molecule has 0 aliphatic heterocycles. The quantitative estimate of drug-likeness (QED) is 0.221. The summed E-state index contributed by atoms with van der Waals surface area (Å²) >= 11 is 0. The maximum Gasteiger partial charge on any atom is 0.333 e. The van der Waals surface area contributed by atoms with Gasteiger partial charge in [-0.2, -0.15) is 0 Å². The fraction of sp³-hybridized carbons (Fsp3) is 0.500. The number of hydrogen-bond acceptors (Lipinski definition) is 10. The predicted octanol–water partition coefficient (Wildman–Crippen LogP) is 3.86. The summed E-state index contributed by atoms with van der Waals surface area (Å²) in [5, 5.41) is 0. The van der Waals surface area contributed by atoms with Crippen LogP contribution in [-0.2, 0) is 47.7 Å². The number of carbonyl (C=O) groups excluding carboxylic acids is 5. The Hall–Kier alpha value is -3.95. The first-order valence-electron chi connectivity index (χ1n) is 12.9. The molecule has 0 aromatic heterocycles. The normalized spacial score (nSPS) is 27.1. The Morgan fingerprint density at radius 2 is 0.800 bits per heavy atom. The molecular formula is C30H38O10. The summed E-state index contributed by atoms with van der Waals surface area (Å²) in [7, 11) is 0. The summed E-state index contributed by atoms with van der Waals surface area (Å²) in [5.74, 6) is -5.44. The Morgan fingerprint density at radius 3 is 1.20 bits per heavy atom. The van der Waals surface area contributed by atoms with E-state index in [9.17, 15) is 24.0 Å². The van der Waals surface area contributed by atoms with Crippen molar-refractivity contribution in [3.63, 3.8) is 0 Å². The lowest BCUT2D eigenvalue weighted by molar-refractivity contribution is -0.244. The lowest BCUT2D eigenvalue weighted by Gasteiger charge is -2.52. The van der Waals surface area contributed by atoms with Crippen molar-refractivity contribution in [3.05, 3.63) is 60.8 Å². The van der Waals surface area contributed by atoms with E-state index in [4.69, 9.17) is 23.7 Å². The van der Waals surface area contributed by atoms with Gasteiger partial charge < -0.3 is 23.7 Å². The van der Waals surface area contributed by atoms with Crippen LogP contribution in [0, 0.1) is 11.8 Å². The van der Waals surface area contributed by atoms with Gasteiger partial charge in [0, 0.05) is 39.7 Å². The SMILES string of the molecule is C=C(C)C(=O)OC1CCCC2C(OC(=O)C(=C)C)C(OC(=O)C(=C)C)C(OC(=O)C(=C)C)C(OC(=O)C(=C)C)C12. The van der Waals surface area contributed by atoms with E-state index in [1.807, 2.05) is 0 Å². The molecule has 10 heteroatoms. The minimum absolute atomic E-state index is 0.0152. The summed E-state index contributed by atoms with van der Waals surface area (Å²) in [4.78, 5) is 63.8. The molecule has 0 bridgehead atoms. The second-order valence-electron chi connectivity index (χ2n) is 10.5. The molecule has 7 unspecified atom stereocenters. The van der Waals surface area contributed by atoms with Crippen LogP contribution in [0.5, 0.6) is 0 Å². The maximum absolute atomic E-state index is 12.9. The maximum atomic E-state index is 12.9. The molecule has 0 saturated heterocycles. The molecule has 2 fully saturated rings. The minimum atomic E-state index is -1.48. The number of rotatable bonds is 10. The molecule has 2 aliphatic rings. The van der Waals surface area contributed by atoms with Gasteiger partial charge in [-0.3, -0.25) is 0 Å². The number of ether oxygens (including phenoxy) is 5. The van der Waals surface area contributed by atoms with Crippen molar-refractivity contribution >= 4 is 29.8 Å². The zero-order valence-electron chi connectivity index (χ0n) is 23.8. The van der Waals surface area contributed by atoms with Crippen LogP contribution < -0.4 is 0 Å². The summed E-state index contributed by atoms with van der Waals surface area (Å²) in [6.45, 7) is 25.3. The van der Waals surface area contributed by atoms with Gasteiger partial charge in [-0.1, -0.05) is 32.9 Å². The van der Waals surface area contributed by atoms with Gasteiger partial charge in [-0.15, -0.1) is 0 Å². The van der Waals surface area contributed by atoms with E-state index < -0.39 is 72.2 Å². The zero-order valence-corrected chi connectivity index (χ0v) is 23.8. The van der Waals surface area contributed by atoms with Gasteiger partial charge in [-0.25, -0.2) is 24.0 Å². The zero-order chi connectivity index (χ0) is 30.5. The Morgan fingerprint density at radius 1 is 0.475 bits per heavy atom. The molecule has 0 spiro atoms. The highest BCUT2D eigenvalue weighted by molar-refractivity contribution is 5.90. The first kappa shape index (κ1) is 32.3. The fourth-order valence-electron chi connectivity index (χ4n) is 4.73. The monoisotopic (exact) mass is 558 g/mol. The highest BCUT2D eigenvalue weighted by Gasteiger charge is 2.61. The summed E-state index contributed by atoms with van der Waals surface area (Å²) in [5.41, 5.74) is 0.330. The number of fused-ring (bicyclic) bond motifs is 1. The molecule has 7 atom stereocenters. The van der Waals surface area contributed by atoms with E-state index in [1.54, 1.807) is 0 Å². The first-order chi connectivity index (χ1) is 18.6. The van der Waals surface area contributed by atoms with Crippen LogP contribution >= 0.6 is 0 Å². The van der Waals surface area contributed by atoms with Gasteiger partial charge in [0.25, 0.3) is 0 Å². The van der Waals surface area contributed by atoms with E-state index >= 15 is 0 Å². The third kappa shape index (κ3) is 7.58. The molecule has 40 heavy (non-hydrogen) atoms. The van der Waals surface area contributed by atoms with E-state index in [2.05, 4.69) is 32.9 Å². The molecule has 0 aromatic rings. The van der Waals surface area contributed by atoms with Gasteiger partial charge in [0.15, 0.2) is 12.2 Å². The van der Waals surface area contributed by atoms with Crippen LogP contribution in [0.1, 0.15) is 53.9 Å². The van der Waals surface area contributed by atoms with Crippen molar-refractivity contribution in [1.82, 2.24) is 0 Å². The smallest absolute Gasteiger partial charge is 0.333 e. The van der Waals surface area contributed by atoms with Crippen LogP contribution in [0.15, 0.2) is 60.8 Å². The van der Waals surface area contributed by atoms with Gasteiger partial charge in [0.2, 0.25) is 0 Å². The average Bonchev–Trinajstić information content (AvgIpc) is 2.86. The highest BCUT2D eigenvalue weighted by Crippen LogP contribution is 2.47. The first-order valence-corrected chi connectivity index (χ1v) is 12.9. The molecule has 2 aliphatic carbocycles. The Balaban J connectivity index is 2.79. The molecule has 0 amide bonds. The fourth-order valence-corrected chi connectivity index (χ4v) is 4.73. The summed E-state index contributed by atoms with van der Waals surface area (Å²) < 4.78 is 28.9. The van der Waals surface area contributed by atoms with Gasteiger partial charge in [0.05, 0.1) is 0 Å². The molecule has 0 N–H and O–H groups in total. The summed E-state index contributed by atoms with van der Waals surface area (Å²) in [6, 6.07) is 0. The van der Waals surface area contributed by atoms with Gasteiger partial charge >= 0.3 is 29.8 Å². The lowest BCUT2D eigenvalue weighted by Crippen LogP contribution is -2.66. The Bertz CT molecular complexity index is 1150. The third-order valence-electron chi connectivity index (χ3n) is 6.70. The largest absolute Gasteiger partial charge is 0.459 e. The third-order valence-corrected chi connectivity index (χ3v) is 6.70. The molecule has 2 rings (SSSR count). The number of carbonyl (C=O) groups is 5. The van der Waals surface area contributed by atoms with E-state index in [1.165, 1.54) is 34.6 Å². The molecule has 2 saturated carbocycles. The predicted molar refractivity (Wildman–Crippen MR) is 144 cm³/mol. The molecule has 218 valence electrons. The second-order valence-corrected chi connectivity index (χ2v) is 10.5. The average molecular weight is 559 g/mol. The second kappa shape index (κ2) is 13.4. The van der Waals surface area contributed by atoms with Crippen LogP contribution in [0.2, 0.25) is 0 Å². The molecule has 0 radical (unpaired) electrons. The van der Waals surface area contributed by atoms with Crippen molar-refractivity contribution < 1.29 is 47.7 Å². The highest BCUT2D eigenvalue weighted by atomic mass is 16.6. The van der Waals surface area contributed by atoms with E-state index in [0.29, 0.717) is 19.3 Å². The van der Waals surface area contributed by atoms with Crippen LogP contribution in [0.3, 0.4) is 0 Å². The number of hydrogen-bond donors (Lipinski definition) is 0. The van der Waals surface area contributed by atoms with E-state index in [0.717, 1.165) is 0 Å². The van der Waals surface area contributed by atoms with Gasteiger partial charge in [-0.05, 0) is 53.9 Å². The van der Waals surface area contributed by atoms with Crippen molar-refractivity contribution in [2.24, 2.45) is 11.8 Å². The van der Waals surface area contributed by atoms with Crippen LogP contribution in [0.25, 0.3) is 0 Å². The molecule has 10 nitrogen and oxygen atoms in total. The van der Waals surface area contributed by atoms with Crippen LogP contribution in [-0.4, -0.2) is 60.4 Å². The van der Waals surface area contributed by atoms with Crippen molar-refractivity contribution in [2.75, 3.05) is 0 Å². The van der Waals surface area contributed by atoms with Crippen LogP contribution in [0.4, 0.5) is 0 Å².